The van der Waals surface area contributed by atoms with Crippen LogP contribution in [-0.2, 0) is 23.8 Å². The van der Waals surface area contributed by atoms with Crippen molar-refractivity contribution in [2.75, 3.05) is 0 Å². The van der Waals surface area contributed by atoms with E-state index in [2.05, 4.69) is 6.58 Å². The fourth-order valence-electron chi connectivity index (χ4n) is 3.75. The summed E-state index contributed by atoms with van der Waals surface area (Å²) in [6.45, 7) is 11.0. The molecule has 0 radical (unpaired) electrons. The highest BCUT2D eigenvalue weighted by Crippen LogP contribution is 2.50. The van der Waals surface area contributed by atoms with Gasteiger partial charge in [-0.3, -0.25) is 0 Å². The fourth-order valence-corrected chi connectivity index (χ4v) is 3.75. The molecule has 3 aliphatic rings. The molecule has 2 aliphatic heterocycles. The first-order valence-corrected chi connectivity index (χ1v) is 8.96. The average molecular weight is 362 g/mol. The molecule has 6 nitrogen and oxygen atoms in total. The van der Waals surface area contributed by atoms with E-state index < -0.39 is 36.2 Å². The number of esters is 2. The molecule has 6 heteroatoms. The Balaban J connectivity index is 2.01. The van der Waals surface area contributed by atoms with Crippen LogP contribution in [0.5, 0.6) is 0 Å². The molecule has 142 valence electrons. The smallest absolute Gasteiger partial charge is 0.334 e. The summed E-state index contributed by atoms with van der Waals surface area (Å²) in [5, 5.41) is 10.9. The van der Waals surface area contributed by atoms with Crippen molar-refractivity contribution in [3.05, 3.63) is 35.5 Å². The Hall–Kier alpha value is -1.92. The van der Waals surface area contributed by atoms with E-state index in [1.807, 2.05) is 13.0 Å². The lowest BCUT2D eigenvalue weighted by Crippen LogP contribution is -2.45. The van der Waals surface area contributed by atoms with E-state index in [-0.39, 0.29) is 17.3 Å². The molecule has 6 atom stereocenters. The van der Waals surface area contributed by atoms with Crippen molar-refractivity contribution >= 4 is 11.9 Å². The molecule has 0 aromatic rings. The number of hydrogen-bond donors (Lipinski definition) is 1. The number of allylic oxidation sites excluding steroid dienone is 2. The quantitative estimate of drug-likeness (QED) is 0.351. The van der Waals surface area contributed by atoms with Gasteiger partial charge in [-0.2, -0.15) is 0 Å². The molecule has 2 saturated heterocycles. The molecule has 0 amide bonds. The Morgan fingerprint density at radius 1 is 1.50 bits per heavy atom. The topological polar surface area (TPSA) is 85.4 Å². The minimum atomic E-state index is -1.05. The summed E-state index contributed by atoms with van der Waals surface area (Å²) in [5.41, 5.74) is 0.933. The minimum Gasteiger partial charge on any atom is -0.455 e. The molecule has 1 aliphatic carbocycles. The van der Waals surface area contributed by atoms with Crippen molar-refractivity contribution in [3.8, 4) is 0 Å². The highest BCUT2D eigenvalue weighted by atomic mass is 16.6. The lowest BCUT2D eigenvalue weighted by Gasteiger charge is -2.31. The van der Waals surface area contributed by atoms with E-state index >= 15 is 0 Å². The van der Waals surface area contributed by atoms with Crippen molar-refractivity contribution in [1.82, 2.24) is 0 Å². The predicted molar refractivity (Wildman–Crippen MR) is 94.1 cm³/mol. The molecule has 1 N–H and O–H groups in total. The second-order valence-electron chi connectivity index (χ2n) is 7.55. The van der Waals surface area contributed by atoms with E-state index in [1.165, 1.54) is 0 Å². The van der Waals surface area contributed by atoms with Gasteiger partial charge in [0.15, 0.2) is 0 Å². The lowest BCUT2D eigenvalue weighted by molar-refractivity contribution is -0.154. The van der Waals surface area contributed by atoms with Crippen LogP contribution in [0.25, 0.3) is 0 Å². The molecule has 3 rings (SSSR count). The third-order valence-corrected chi connectivity index (χ3v) is 5.74. The summed E-state index contributed by atoms with van der Waals surface area (Å²) in [5.74, 6) is -1.72. The summed E-state index contributed by atoms with van der Waals surface area (Å²) >= 11 is 0. The summed E-state index contributed by atoms with van der Waals surface area (Å²) < 4.78 is 17.0. The van der Waals surface area contributed by atoms with Crippen molar-refractivity contribution in [1.29, 1.82) is 0 Å². The minimum absolute atomic E-state index is 0.205. The second kappa shape index (κ2) is 6.67. The first kappa shape index (κ1) is 18.9. The highest BCUT2D eigenvalue weighted by molar-refractivity contribution is 5.92. The van der Waals surface area contributed by atoms with E-state index in [0.29, 0.717) is 11.1 Å². The van der Waals surface area contributed by atoms with Gasteiger partial charge in [-0.05, 0) is 46.1 Å². The third-order valence-electron chi connectivity index (χ3n) is 5.74. The fraction of sp³-hybridized carbons (Fsp3) is 0.600. The van der Waals surface area contributed by atoms with Gasteiger partial charge in [0.05, 0.1) is 11.5 Å². The molecular formula is C20H26O6. The molecular weight excluding hydrogens is 336 g/mol. The van der Waals surface area contributed by atoms with Crippen molar-refractivity contribution in [2.24, 2.45) is 5.92 Å². The Kier molecular flexibility index (Phi) is 4.84. The first-order valence-electron chi connectivity index (χ1n) is 8.96. The maximum absolute atomic E-state index is 12.4. The van der Waals surface area contributed by atoms with Crippen LogP contribution in [0, 0.1) is 5.92 Å². The average Bonchev–Trinajstić information content (AvgIpc) is 3.19. The Morgan fingerprint density at radius 2 is 2.19 bits per heavy atom. The summed E-state index contributed by atoms with van der Waals surface area (Å²) in [4.78, 5) is 24.6. The monoisotopic (exact) mass is 362 g/mol. The number of hydrogen-bond acceptors (Lipinski definition) is 6. The summed E-state index contributed by atoms with van der Waals surface area (Å²) in [6, 6.07) is 0. The van der Waals surface area contributed by atoms with Crippen LogP contribution < -0.4 is 0 Å². The summed E-state index contributed by atoms with van der Waals surface area (Å²) in [6.07, 6.45) is 2.12. The zero-order valence-electron chi connectivity index (χ0n) is 15.7. The molecule has 0 saturated carbocycles. The maximum atomic E-state index is 12.4. The Morgan fingerprint density at radius 3 is 2.85 bits per heavy atom. The van der Waals surface area contributed by atoms with Crippen LogP contribution in [0.3, 0.4) is 0 Å². The van der Waals surface area contributed by atoms with Crippen LogP contribution in [0.15, 0.2) is 35.5 Å². The van der Waals surface area contributed by atoms with Crippen molar-refractivity contribution in [2.45, 2.75) is 70.6 Å². The SMILES string of the molecule is C=C1C(=O)O[C@H]2[C@H]1[C@H](OC(=O)/C(C)=C\C)[C@H](O)/C(C)=C/CC[C@@]1(C)O[C@H]21. The van der Waals surface area contributed by atoms with Gasteiger partial charge in [0.2, 0.25) is 0 Å². The van der Waals surface area contributed by atoms with Crippen LogP contribution in [0.2, 0.25) is 0 Å². The zero-order chi connectivity index (χ0) is 19.2. The molecule has 0 spiro atoms. The van der Waals surface area contributed by atoms with Crippen LogP contribution >= 0.6 is 0 Å². The highest BCUT2D eigenvalue weighted by Gasteiger charge is 2.64. The van der Waals surface area contributed by atoms with E-state index in [1.54, 1.807) is 26.8 Å². The van der Waals surface area contributed by atoms with E-state index in [9.17, 15) is 14.7 Å². The molecule has 0 unspecified atom stereocenters. The predicted octanol–water partition coefficient (Wildman–Crippen LogP) is 2.22. The lowest BCUT2D eigenvalue weighted by atomic mass is 9.81. The van der Waals surface area contributed by atoms with Gasteiger partial charge in [-0.15, -0.1) is 0 Å². The van der Waals surface area contributed by atoms with Crippen LogP contribution in [0.1, 0.15) is 40.5 Å². The number of aliphatic hydroxyl groups excluding tert-OH is 1. The van der Waals surface area contributed by atoms with Crippen LogP contribution in [0.4, 0.5) is 0 Å². The number of epoxide rings is 1. The van der Waals surface area contributed by atoms with Crippen molar-refractivity contribution in [3.63, 3.8) is 0 Å². The standard InChI is InChI=1S/C20H26O6/c1-6-10(2)18(22)24-15-13-12(4)19(23)25-16(13)17-20(5,26-17)9-7-8-11(3)14(15)21/h6,8,13-17,21H,4,7,9H2,1-3,5H3/b10-6-,11-8+/t13-,14-,15+,16+,17-,20-/m1/s1. The molecule has 0 aromatic heterocycles. The zero-order valence-corrected chi connectivity index (χ0v) is 15.7. The van der Waals surface area contributed by atoms with E-state index in [0.717, 1.165) is 12.8 Å². The Labute approximate surface area is 153 Å². The maximum Gasteiger partial charge on any atom is 0.334 e. The van der Waals surface area contributed by atoms with E-state index in [4.69, 9.17) is 14.2 Å². The number of carbonyl (C=O) groups is 2. The molecule has 0 aromatic carbocycles. The first-order chi connectivity index (χ1) is 12.2. The second-order valence-corrected chi connectivity index (χ2v) is 7.55. The largest absolute Gasteiger partial charge is 0.455 e. The molecule has 26 heavy (non-hydrogen) atoms. The van der Waals surface area contributed by atoms with Crippen LogP contribution in [-0.4, -0.2) is 47.1 Å². The molecule has 0 bridgehead atoms. The number of aliphatic hydroxyl groups is 1. The van der Waals surface area contributed by atoms with Gasteiger partial charge in [-0.25, -0.2) is 9.59 Å². The normalized spacial score (nSPS) is 42.1. The van der Waals surface area contributed by atoms with Crippen molar-refractivity contribution < 1.29 is 28.9 Å². The Bertz CT molecular complexity index is 705. The van der Waals surface area contributed by atoms with Gasteiger partial charge in [0.25, 0.3) is 0 Å². The number of carbonyl (C=O) groups excluding carboxylic acids is 2. The summed E-state index contributed by atoms with van der Waals surface area (Å²) in [7, 11) is 0. The number of ether oxygens (including phenoxy) is 3. The van der Waals surface area contributed by atoms with Gasteiger partial charge >= 0.3 is 11.9 Å². The van der Waals surface area contributed by atoms with Gasteiger partial charge in [0.1, 0.15) is 24.4 Å². The molecule has 2 heterocycles. The van der Waals surface area contributed by atoms with Gasteiger partial charge in [0, 0.05) is 11.1 Å². The number of fused-ring (bicyclic) bond motifs is 3. The third kappa shape index (κ3) is 3.12. The van der Waals surface area contributed by atoms with Gasteiger partial charge in [-0.1, -0.05) is 18.7 Å². The number of rotatable bonds is 2. The molecule has 2 fully saturated rings. The van der Waals surface area contributed by atoms with Gasteiger partial charge < -0.3 is 19.3 Å².